The number of hydrogen-bond acceptors (Lipinski definition) is 5. The third kappa shape index (κ3) is 4.51. The number of halogens is 1. The first-order chi connectivity index (χ1) is 13.9. The van der Waals surface area contributed by atoms with Crippen LogP contribution in [0.5, 0.6) is 11.5 Å². The van der Waals surface area contributed by atoms with E-state index in [9.17, 15) is 9.59 Å². The number of ether oxygens (including phenoxy) is 2. The Balaban J connectivity index is 2.01. The van der Waals surface area contributed by atoms with Gasteiger partial charge in [0, 0.05) is 23.4 Å². The van der Waals surface area contributed by atoms with Crippen molar-refractivity contribution in [3.63, 3.8) is 0 Å². The van der Waals surface area contributed by atoms with Crippen molar-refractivity contribution in [1.29, 1.82) is 0 Å². The summed E-state index contributed by atoms with van der Waals surface area (Å²) in [4.78, 5) is 23.7. The Labute approximate surface area is 173 Å². The number of rotatable bonds is 7. The third-order valence-corrected chi connectivity index (χ3v) is 4.90. The number of amides is 1. The van der Waals surface area contributed by atoms with Crippen LogP contribution in [0.4, 0.5) is 0 Å². The highest BCUT2D eigenvalue weighted by Gasteiger charge is 2.35. The van der Waals surface area contributed by atoms with E-state index in [0.29, 0.717) is 28.7 Å². The molecule has 1 atom stereocenters. The Hall–Kier alpha value is -3.06. The van der Waals surface area contributed by atoms with Crippen LogP contribution in [0.15, 0.2) is 47.6 Å². The van der Waals surface area contributed by atoms with Gasteiger partial charge in [0.05, 0.1) is 32.4 Å². The van der Waals surface area contributed by atoms with E-state index in [1.165, 1.54) is 12.1 Å². The monoisotopic (exact) mass is 416 g/mol. The van der Waals surface area contributed by atoms with Gasteiger partial charge in [0.15, 0.2) is 11.5 Å². The molecule has 1 N–H and O–H groups in total. The fraction of sp³-hybridized carbons (Fsp3) is 0.286. The number of nitrogens with zero attached hydrogens (tertiary/aromatic N) is 2. The van der Waals surface area contributed by atoms with Crippen LogP contribution in [0, 0.1) is 0 Å². The standard InChI is InChI=1S/C21H21ClN2O5/c1-28-18-8-4-7-15(21(18)29-2)17-12-16(13-5-3-6-14(22)11-13)23-24(17)19(25)9-10-20(26)27/h3-8,11,17H,9-10,12H2,1-2H3,(H,26,27)/t17-/m1/s1. The van der Waals surface area contributed by atoms with E-state index < -0.39 is 12.0 Å². The van der Waals surface area contributed by atoms with Crippen molar-refractivity contribution in [2.45, 2.75) is 25.3 Å². The Morgan fingerprint density at radius 3 is 2.59 bits per heavy atom. The molecule has 0 aromatic heterocycles. The lowest BCUT2D eigenvalue weighted by Gasteiger charge is -2.24. The molecule has 0 saturated heterocycles. The molecule has 0 aliphatic carbocycles. The first-order valence-corrected chi connectivity index (χ1v) is 9.40. The van der Waals surface area contributed by atoms with Crippen molar-refractivity contribution in [3.05, 3.63) is 58.6 Å². The number of benzene rings is 2. The van der Waals surface area contributed by atoms with Crippen LogP contribution in [-0.4, -0.2) is 41.9 Å². The lowest BCUT2D eigenvalue weighted by atomic mass is 9.97. The summed E-state index contributed by atoms with van der Waals surface area (Å²) in [6.45, 7) is 0. The maximum absolute atomic E-state index is 12.8. The molecule has 8 heteroatoms. The Kier molecular flexibility index (Phi) is 6.39. The maximum atomic E-state index is 12.8. The molecule has 0 saturated carbocycles. The molecule has 2 aromatic rings. The smallest absolute Gasteiger partial charge is 0.303 e. The van der Waals surface area contributed by atoms with Crippen molar-refractivity contribution in [3.8, 4) is 11.5 Å². The summed E-state index contributed by atoms with van der Waals surface area (Å²) >= 11 is 6.11. The molecule has 3 rings (SSSR count). The number of hydrogen-bond donors (Lipinski definition) is 1. The molecular weight excluding hydrogens is 396 g/mol. The number of para-hydroxylation sites is 1. The number of hydrazone groups is 1. The predicted octanol–water partition coefficient (Wildman–Crippen LogP) is 3.90. The fourth-order valence-corrected chi connectivity index (χ4v) is 3.52. The minimum absolute atomic E-state index is 0.148. The molecule has 0 spiro atoms. The van der Waals surface area contributed by atoms with Gasteiger partial charge in [0.2, 0.25) is 5.91 Å². The molecule has 29 heavy (non-hydrogen) atoms. The number of carbonyl (C=O) groups is 2. The largest absolute Gasteiger partial charge is 0.493 e. The van der Waals surface area contributed by atoms with Gasteiger partial charge in [-0.1, -0.05) is 35.9 Å². The normalized spacial score (nSPS) is 15.8. The zero-order valence-corrected chi connectivity index (χ0v) is 16.8. The molecule has 152 valence electrons. The Morgan fingerprint density at radius 1 is 1.17 bits per heavy atom. The maximum Gasteiger partial charge on any atom is 0.303 e. The van der Waals surface area contributed by atoms with Crippen LogP contribution in [0.25, 0.3) is 0 Å². The predicted molar refractivity (Wildman–Crippen MR) is 109 cm³/mol. The van der Waals surface area contributed by atoms with E-state index in [2.05, 4.69) is 5.10 Å². The average Bonchev–Trinajstić information content (AvgIpc) is 3.16. The second-order valence-corrected chi connectivity index (χ2v) is 6.93. The Bertz CT molecular complexity index is 960. The molecule has 1 amide bonds. The van der Waals surface area contributed by atoms with E-state index in [1.807, 2.05) is 24.3 Å². The zero-order chi connectivity index (χ0) is 21.0. The van der Waals surface area contributed by atoms with Gasteiger partial charge in [-0.3, -0.25) is 9.59 Å². The molecular formula is C21H21ClN2O5. The van der Waals surface area contributed by atoms with Crippen molar-refractivity contribution in [1.82, 2.24) is 5.01 Å². The van der Waals surface area contributed by atoms with Gasteiger partial charge in [-0.05, 0) is 23.8 Å². The second-order valence-electron chi connectivity index (χ2n) is 6.49. The van der Waals surface area contributed by atoms with Crippen molar-refractivity contribution < 1.29 is 24.2 Å². The van der Waals surface area contributed by atoms with E-state index in [1.54, 1.807) is 25.3 Å². The van der Waals surface area contributed by atoms with Crippen molar-refractivity contribution in [2.24, 2.45) is 5.10 Å². The molecule has 1 heterocycles. The quantitative estimate of drug-likeness (QED) is 0.739. The molecule has 0 radical (unpaired) electrons. The minimum Gasteiger partial charge on any atom is -0.493 e. The average molecular weight is 417 g/mol. The lowest BCUT2D eigenvalue weighted by molar-refractivity contribution is -0.141. The van der Waals surface area contributed by atoms with Gasteiger partial charge < -0.3 is 14.6 Å². The van der Waals surface area contributed by atoms with Gasteiger partial charge in [-0.25, -0.2) is 5.01 Å². The summed E-state index contributed by atoms with van der Waals surface area (Å²) in [5, 5.41) is 15.4. The number of carboxylic acids is 1. The van der Waals surface area contributed by atoms with Crippen LogP contribution in [0.1, 0.15) is 36.4 Å². The highest BCUT2D eigenvalue weighted by atomic mass is 35.5. The molecule has 0 unspecified atom stereocenters. The fourth-order valence-electron chi connectivity index (χ4n) is 3.33. The van der Waals surface area contributed by atoms with Gasteiger partial charge >= 0.3 is 5.97 Å². The second kappa shape index (κ2) is 8.96. The summed E-state index contributed by atoms with van der Waals surface area (Å²) < 4.78 is 10.9. The summed E-state index contributed by atoms with van der Waals surface area (Å²) in [6.07, 6.45) is 0.0203. The van der Waals surface area contributed by atoms with Crippen molar-refractivity contribution >= 4 is 29.2 Å². The molecule has 1 aliphatic heterocycles. The molecule has 7 nitrogen and oxygen atoms in total. The van der Waals surface area contributed by atoms with Crippen LogP contribution < -0.4 is 9.47 Å². The SMILES string of the molecule is COc1cccc([C@H]2CC(c3cccc(Cl)c3)=NN2C(=O)CCC(=O)O)c1OC. The summed E-state index contributed by atoms with van der Waals surface area (Å²) in [6, 6.07) is 12.2. The lowest BCUT2D eigenvalue weighted by Crippen LogP contribution is -2.27. The summed E-state index contributed by atoms with van der Waals surface area (Å²) in [7, 11) is 3.07. The molecule has 1 aliphatic rings. The number of carboxylic acid groups (broad SMARTS) is 1. The van der Waals surface area contributed by atoms with Crippen LogP contribution in [0.3, 0.4) is 0 Å². The third-order valence-electron chi connectivity index (χ3n) is 4.67. The van der Waals surface area contributed by atoms with E-state index in [0.717, 1.165) is 11.1 Å². The highest BCUT2D eigenvalue weighted by molar-refractivity contribution is 6.31. The zero-order valence-electron chi connectivity index (χ0n) is 16.1. The van der Waals surface area contributed by atoms with Crippen LogP contribution in [-0.2, 0) is 9.59 Å². The van der Waals surface area contributed by atoms with Gasteiger partial charge in [0.25, 0.3) is 0 Å². The number of methoxy groups -OCH3 is 2. The first-order valence-electron chi connectivity index (χ1n) is 9.02. The molecule has 2 aromatic carbocycles. The van der Waals surface area contributed by atoms with E-state index >= 15 is 0 Å². The summed E-state index contributed by atoms with van der Waals surface area (Å²) in [5.74, 6) is -0.357. The van der Waals surface area contributed by atoms with Crippen LogP contribution >= 0.6 is 11.6 Å². The van der Waals surface area contributed by atoms with Crippen molar-refractivity contribution in [2.75, 3.05) is 14.2 Å². The van der Waals surface area contributed by atoms with Gasteiger partial charge in [-0.2, -0.15) is 5.10 Å². The molecule has 0 bridgehead atoms. The highest BCUT2D eigenvalue weighted by Crippen LogP contribution is 2.42. The minimum atomic E-state index is -1.04. The summed E-state index contributed by atoms with van der Waals surface area (Å²) in [5.41, 5.74) is 2.22. The van der Waals surface area contributed by atoms with Gasteiger partial charge in [-0.15, -0.1) is 0 Å². The van der Waals surface area contributed by atoms with E-state index in [-0.39, 0.29) is 18.7 Å². The topological polar surface area (TPSA) is 88.4 Å². The first kappa shape index (κ1) is 20.7. The Morgan fingerprint density at radius 2 is 1.93 bits per heavy atom. The number of aliphatic carboxylic acids is 1. The van der Waals surface area contributed by atoms with Gasteiger partial charge in [0.1, 0.15) is 0 Å². The molecule has 0 fully saturated rings. The number of carbonyl (C=O) groups excluding carboxylic acids is 1. The van der Waals surface area contributed by atoms with E-state index in [4.69, 9.17) is 26.2 Å². The van der Waals surface area contributed by atoms with Crippen LogP contribution in [0.2, 0.25) is 5.02 Å².